The van der Waals surface area contributed by atoms with Crippen LogP contribution in [0.1, 0.15) is 29.7 Å². The van der Waals surface area contributed by atoms with E-state index in [1.807, 2.05) is 24.3 Å². The molecular weight excluding hydrogens is 425 g/mol. The normalized spacial score (nSPS) is 15.5. The molecule has 2 heterocycles. The number of rotatable bonds is 6. The van der Waals surface area contributed by atoms with Gasteiger partial charge in [-0.1, -0.05) is 48.5 Å². The first-order chi connectivity index (χ1) is 15.8. The van der Waals surface area contributed by atoms with Crippen molar-refractivity contribution in [1.82, 2.24) is 15.2 Å². The average Bonchev–Trinajstić information content (AvgIpc) is 3.27. The second kappa shape index (κ2) is 9.48. The maximum Gasteiger partial charge on any atom is 0.255 e. The van der Waals surface area contributed by atoms with E-state index < -0.39 is 35.9 Å². The molecule has 0 radical (unpaired) electrons. The van der Waals surface area contributed by atoms with Crippen molar-refractivity contribution < 1.29 is 24.2 Å². The lowest BCUT2D eigenvalue weighted by Crippen LogP contribution is -2.50. The van der Waals surface area contributed by atoms with Gasteiger partial charge in [-0.2, -0.15) is 0 Å². The van der Waals surface area contributed by atoms with Gasteiger partial charge in [-0.3, -0.25) is 14.6 Å². The summed E-state index contributed by atoms with van der Waals surface area (Å²) >= 11 is 0. The lowest BCUT2D eigenvalue weighted by Gasteiger charge is -2.24. The summed E-state index contributed by atoms with van der Waals surface area (Å²) in [5.74, 6) is -2.00. The number of halogens is 1. The van der Waals surface area contributed by atoms with Crippen LogP contribution in [0.5, 0.6) is 0 Å². The van der Waals surface area contributed by atoms with Gasteiger partial charge in [0.1, 0.15) is 5.82 Å². The number of benzene rings is 2. The van der Waals surface area contributed by atoms with Gasteiger partial charge in [0.05, 0.1) is 12.2 Å². The standard InChI is InChI=1S/C25H24FN3O4/c1-15(16-6-8-17(9-7-16)20-10-11-27-12-21(20)26)28-24(32)22(30)23(31)25(33)29-13-18-4-2-3-5-19(18)14-29/h2-12,15,22-23,30-31H,13-14H2,1H3,(H,28,32)/t15-,22-,23-/m1/s1. The number of aliphatic hydroxyl groups excluding tert-OH is 2. The highest BCUT2D eigenvalue weighted by molar-refractivity contribution is 5.91. The number of nitrogens with zero attached hydrogens (tertiary/aromatic N) is 2. The predicted molar refractivity (Wildman–Crippen MR) is 119 cm³/mol. The number of hydrogen-bond donors (Lipinski definition) is 3. The van der Waals surface area contributed by atoms with Crippen LogP contribution >= 0.6 is 0 Å². The van der Waals surface area contributed by atoms with Gasteiger partial charge in [-0.15, -0.1) is 0 Å². The van der Waals surface area contributed by atoms with Crippen LogP contribution in [0.25, 0.3) is 11.1 Å². The zero-order chi connectivity index (χ0) is 23.5. The minimum absolute atomic E-state index is 0.321. The maximum atomic E-state index is 13.9. The zero-order valence-electron chi connectivity index (χ0n) is 18.0. The predicted octanol–water partition coefficient (Wildman–Crippen LogP) is 2.33. The van der Waals surface area contributed by atoms with Crippen LogP contribution in [0, 0.1) is 5.82 Å². The molecule has 2 aromatic carbocycles. The first kappa shape index (κ1) is 22.6. The van der Waals surface area contributed by atoms with Crippen molar-refractivity contribution in [3.8, 4) is 11.1 Å². The van der Waals surface area contributed by atoms with E-state index in [4.69, 9.17) is 0 Å². The average molecular weight is 449 g/mol. The molecule has 0 bridgehead atoms. The van der Waals surface area contributed by atoms with Crippen LogP contribution in [0.2, 0.25) is 0 Å². The van der Waals surface area contributed by atoms with E-state index >= 15 is 0 Å². The summed E-state index contributed by atoms with van der Waals surface area (Å²) in [7, 11) is 0. The Labute approximate surface area is 190 Å². The highest BCUT2D eigenvalue weighted by atomic mass is 19.1. The topological polar surface area (TPSA) is 103 Å². The van der Waals surface area contributed by atoms with Gasteiger partial charge in [0, 0.05) is 24.8 Å². The molecule has 1 aliphatic heterocycles. The Hall–Kier alpha value is -3.62. The van der Waals surface area contributed by atoms with E-state index in [1.54, 1.807) is 37.3 Å². The second-order valence-corrected chi connectivity index (χ2v) is 8.06. The van der Waals surface area contributed by atoms with Gasteiger partial charge in [-0.05, 0) is 35.2 Å². The molecule has 1 aromatic heterocycles. The molecule has 0 fully saturated rings. The molecule has 3 N–H and O–H groups in total. The Kier molecular flexibility index (Phi) is 6.48. The summed E-state index contributed by atoms with van der Waals surface area (Å²) in [5.41, 5.74) is 3.73. The van der Waals surface area contributed by atoms with Crippen molar-refractivity contribution in [2.75, 3.05) is 0 Å². The third-order valence-electron chi connectivity index (χ3n) is 5.83. The SMILES string of the molecule is C[C@@H](NC(=O)[C@H](O)[C@@H](O)C(=O)N1Cc2ccccc2C1)c1ccc(-c2ccncc2F)cc1. The minimum Gasteiger partial charge on any atom is -0.380 e. The third-order valence-corrected chi connectivity index (χ3v) is 5.83. The number of fused-ring (bicyclic) bond motifs is 1. The van der Waals surface area contributed by atoms with Crippen molar-refractivity contribution in [2.45, 2.75) is 38.3 Å². The second-order valence-electron chi connectivity index (χ2n) is 8.06. The smallest absolute Gasteiger partial charge is 0.255 e. The highest BCUT2D eigenvalue weighted by Crippen LogP contribution is 2.25. The summed E-state index contributed by atoms with van der Waals surface area (Å²) in [5, 5.41) is 23.2. The van der Waals surface area contributed by atoms with Crippen LogP contribution in [0.3, 0.4) is 0 Å². The molecule has 33 heavy (non-hydrogen) atoms. The largest absolute Gasteiger partial charge is 0.380 e. The van der Waals surface area contributed by atoms with E-state index in [1.165, 1.54) is 11.1 Å². The van der Waals surface area contributed by atoms with Crippen molar-refractivity contribution in [1.29, 1.82) is 0 Å². The molecule has 8 heteroatoms. The summed E-state index contributed by atoms with van der Waals surface area (Å²) in [4.78, 5) is 30.2. The Balaban J connectivity index is 1.36. The fraction of sp³-hybridized carbons (Fsp3) is 0.240. The van der Waals surface area contributed by atoms with Crippen LogP contribution in [-0.4, -0.2) is 44.1 Å². The number of amides is 2. The fourth-order valence-corrected chi connectivity index (χ4v) is 3.90. The molecule has 0 unspecified atom stereocenters. The van der Waals surface area contributed by atoms with Crippen LogP contribution < -0.4 is 5.32 Å². The monoisotopic (exact) mass is 449 g/mol. The first-order valence-electron chi connectivity index (χ1n) is 10.6. The van der Waals surface area contributed by atoms with E-state index in [-0.39, 0.29) is 0 Å². The van der Waals surface area contributed by atoms with E-state index in [2.05, 4.69) is 10.3 Å². The van der Waals surface area contributed by atoms with Crippen LogP contribution in [-0.2, 0) is 22.7 Å². The lowest BCUT2D eigenvalue weighted by atomic mass is 10.0. The summed E-state index contributed by atoms with van der Waals surface area (Å²) in [6, 6.07) is 15.5. The van der Waals surface area contributed by atoms with E-state index in [0.717, 1.165) is 17.3 Å². The molecule has 4 rings (SSSR count). The molecule has 2 amide bonds. The summed E-state index contributed by atoms with van der Waals surface area (Å²) < 4.78 is 13.9. The number of nitrogens with one attached hydrogen (secondary N) is 1. The lowest BCUT2D eigenvalue weighted by molar-refractivity contribution is -0.153. The molecule has 0 saturated carbocycles. The highest BCUT2D eigenvalue weighted by Gasteiger charge is 2.35. The Morgan fingerprint density at radius 3 is 2.24 bits per heavy atom. The molecule has 170 valence electrons. The number of aliphatic hydroxyl groups is 2. The fourth-order valence-electron chi connectivity index (χ4n) is 3.90. The maximum absolute atomic E-state index is 13.9. The Morgan fingerprint density at radius 1 is 1.00 bits per heavy atom. The molecule has 0 aliphatic carbocycles. The van der Waals surface area contributed by atoms with Crippen molar-refractivity contribution in [3.63, 3.8) is 0 Å². The Bertz CT molecular complexity index is 1140. The number of carbonyl (C=O) groups excluding carboxylic acids is 2. The first-order valence-corrected chi connectivity index (χ1v) is 10.6. The number of aromatic nitrogens is 1. The molecule has 0 saturated heterocycles. The molecule has 3 atom stereocenters. The Morgan fingerprint density at radius 2 is 1.64 bits per heavy atom. The van der Waals surface area contributed by atoms with Crippen LogP contribution in [0.15, 0.2) is 67.0 Å². The van der Waals surface area contributed by atoms with Gasteiger partial charge < -0.3 is 20.4 Å². The zero-order valence-corrected chi connectivity index (χ0v) is 18.0. The van der Waals surface area contributed by atoms with Gasteiger partial charge >= 0.3 is 0 Å². The molecule has 1 aliphatic rings. The van der Waals surface area contributed by atoms with Gasteiger partial charge in [0.2, 0.25) is 0 Å². The van der Waals surface area contributed by atoms with Gasteiger partial charge in [0.15, 0.2) is 12.2 Å². The number of hydrogen-bond acceptors (Lipinski definition) is 5. The van der Waals surface area contributed by atoms with E-state index in [9.17, 15) is 24.2 Å². The quantitative estimate of drug-likeness (QED) is 0.536. The minimum atomic E-state index is -1.91. The third kappa shape index (κ3) is 4.76. The van der Waals surface area contributed by atoms with Gasteiger partial charge in [-0.25, -0.2) is 4.39 Å². The van der Waals surface area contributed by atoms with Gasteiger partial charge in [0.25, 0.3) is 11.8 Å². The molecule has 0 spiro atoms. The molecule has 7 nitrogen and oxygen atoms in total. The summed E-state index contributed by atoms with van der Waals surface area (Å²) in [6.45, 7) is 2.35. The van der Waals surface area contributed by atoms with Crippen LogP contribution in [0.4, 0.5) is 4.39 Å². The number of carbonyl (C=O) groups is 2. The molecular formula is C25H24FN3O4. The van der Waals surface area contributed by atoms with Crippen molar-refractivity contribution in [2.24, 2.45) is 0 Å². The van der Waals surface area contributed by atoms with E-state index in [0.29, 0.717) is 29.8 Å². The van der Waals surface area contributed by atoms with Crippen molar-refractivity contribution >= 4 is 11.8 Å². The summed E-state index contributed by atoms with van der Waals surface area (Å²) in [6.07, 6.45) is -1.14. The molecule has 3 aromatic rings. The van der Waals surface area contributed by atoms with Crippen molar-refractivity contribution in [3.05, 3.63) is 89.5 Å². The number of pyridine rings is 1.